The molecule has 0 aliphatic carbocycles. The van der Waals surface area contributed by atoms with Crippen LogP contribution in [0.2, 0.25) is 0 Å². The summed E-state index contributed by atoms with van der Waals surface area (Å²) in [6.07, 6.45) is 1.96. The molecule has 0 unspecified atom stereocenters. The zero-order valence-electron chi connectivity index (χ0n) is 28.3. The van der Waals surface area contributed by atoms with Crippen molar-refractivity contribution < 1.29 is 9.59 Å². The molecule has 4 aromatic carbocycles. The smallest absolute Gasteiger partial charge is 0.257 e. The maximum atomic E-state index is 13.6. The molecule has 7 aromatic rings. The molecular formula is C41H32N6O2S2. The highest BCUT2D eigenvalue weighted by Gasteiger charge is 2.28. The molecule has 8 nitrogen and oxygen atoms in total. The van der Waals surface area contributed by atoms with Crippen molar-refractivity contribution in [1.82, 2.24) is 20.3 Å². The van der Waals surface area contributed by atoms with E-state index in [1.165, 1.54) is 0 Å². The maximum Gasteiger partial charge on any atom is 0.257 e. The van der Waals surface area contributed by atoms with E-state index in [-0.39, 0.29) is 11.8 Å². The normalized spacial score (nSPS) is 13.7. The van der Waals surface area contributed by atoms with E-state index in [1.54, 1.807) is 22.7 Å². The van der Waals surface area contributed by atoms with E-state index in [4.69, 9.17) is 15.0 Å². The van der Waals surface area contributed by atoms with Crippen molar-refractivity contribution in [3.05, 3.63) is 147 Å². The zero-order valence-corrected chi connectivity index (χ0v) is 29.9. The number of aromatic nitrogens is 3. The molecule has 1 aliphatic heterocycles. The quantitative estimate of drug-likeness (QED) is 0.160. The van der Waals surface area contributed by atoms with Crippen LogP contribution in [0.15, 0.2) is 113 Å². The van der Waals surface area contributed by atoms with Gasteiger partial charge < -0.3 is 15.6 Å². The molecule has 51 heavy (non-hydrogen) atoms. The number of anilines is 1. The Kier molecular flexibility index (Phi) is 8.25. The monoisotopic (exact) mass is 704 g/mol. The second kappa shape index (κ2) is 13.1. The van der Waals surface area contributed by atoms with Gasteiger partial charge in [0.1, 0.15) is 21.7 Å². The van der Waals surface area contributed by atoms with Crippen molar-refractivity contribution in [2.24, 2.45) is 4.99 Å². The highest BCUT2D eigenvalue weighted by molar-refractivity contribution is 7.21. The van der Waals surface area contributed by atoms with Gasteiger partial charge in [0.05, 0.1) is 37.3 Å². The van der Waals surface area contributed by atoms with Crippen LogP contribution >= 0.6 is 22.7 Å². The molecule has 0 spiro atoms. The lowest BCUT2D eigenvalue weighted by Crippen LogP contribution is -2.31. The number of amidine groups is 1. The number of thiazole rings is 2. The summed E-state index contributed by atoms with van der Waals surface area (Å²) in [6, 6.07) is 31.0. The number of carbonyl (C=O) groups excluding carboxylic acids is 2. The van der Waals surface area contributed by atoms with Gasteiger partial charge in [-0.1, -0.05) is 60.7 Å². The van der Waals surface area contributed by atoms with Gasteiger partial charge >= 0.3 is 0 Å². The van der Waals surface area contributed by atoms with Crippen LogP contribution in [0.5, 0.6) is 0 Å². The lowest BCUT2D eigenvalue weighted by atomic mass is 10.1. The fraction of sp³-hybridized carbons (Fsp3) is 0.0976. The molecule has 0 atom stereocenters. The van der Waals surface area contributed by atoms with Crippen LogP contribution in [0.1, 0.15) is 55.0 Å². The largest absolute Gasteiger partial charge is 0.341 e. The predicted octanol–water partition coefficient (Wildman–Crippen LogP) is 9.74. The highest BCUT2D eigenvalue weighted by atomic mass is 32.1. The SMILES string of the molecule is CC1=C(c2nc3ccccc3s2)C(NC(=O)c2ccccc2C)=NC1=Cc1[nH]c(NC(=O)c2ccccc2C)c(-c2nc3ccccc3s2)c1C. The van der Waals surface area contributed by atoms with E-state index < -0.39 is 0 Å². The zero-order chi connectivity index (χ0) is 35.2. The number of aryl methyl sites for hydroxylation is 2. The van der Waals surface area contributed by atoms with E-state index in [2.05, 4.69) is 15.6 Å². The molecule has 0 saturated heterocycles. The Labute approximate surface area is 302 Å². The summed E-state index contributed by atoms with van der Waals surface area (Å²) in [5.41, 5.74) is 9.49. The standard InChI is InChI=1S/C41H32N6O2S2/c1-22-13-5-7-15-26(22)38(48)46-36-34(40-44-28-17-9-11-19-32(28)50-40)24(3)30(42-36)21-31-25(4)35(41-45-29-18-10-12-20-33(29)51-41)37(43-31)47-39(49)27-16-8-6-14-23(27)2/h5-21,42H,1-4H3,(H,46,48)(H,43,47,49). The first-order valence-electron chi connectivity index (χ1n) is 16.5. The minimum Gasteiger partial charge on any atom is -0.341 e. The van der Waals surface area contributed by atoms with E-state index in [0.717, 1.165) is 69.5 Å². The lowest BCUT2D eigenvalue weighted by Gasteiger charge is -2.09. The Morgan fingerprint density at radius 3 is 1.80 bits per heavy atom. The Balaban J connectivity index is 1.25. The Bertz CT molecular complexity index is 2570. The topological polar surface area (TPSA) is 112 Å². The Morgan fingerprint density at radius 1 is 0.667 bits per heavy atom. The Hall–Kier alpha value is -5.97. The number of nitrogens with one attached hydrogen (secondary N) is 3. The number of H-pyrrole nitrogens is 1. The van der Waals surface area contributed by atoms with Crippen LogP contribution in [-0.2, 0) is 0 Å². The number of aliphatic imine (C=N–C) groups is 1. The molecule has 3 N–H and O–H groups in total. The van der Waals surface area contributed by atoms with Crippen molar-refractivity contribution in [2.45, 2.75) is 27.7 Å². The van der Waals surface area contributed by atoms with Crippen molar-refractivity contribution >= 4 is 78.2 Å². The number of rotatable bonds is 6. The van der Waals surface area contributed by atoms with Crippen molar-refractivity contribution in [3.63, 3.8) is 0 Å². The third-order valence-electron chi connectivity index (χ3n) is 9.06. The molecule has 1 aliphatic rings. The fourth-order valence-corrected chi connectivity index (χ4v) is 8.43. The van der Waals surface area contributed by atoms with Gasteiger partial charge in [0.25, 0.3) is 11.8 Å². The number of fused-ring (bicyclic) bond motifs is 2. The van der Waals surface area contributed by atoms with Crippen LogP contribution in [0.4, 0.5) is 5.82 Å². The summed E-state index contributed by atoms with van der Waals surface area (Å²) in [4.78, 5) is 45.6. The lowest BCUT2D eigenvalue weighted by molar-refractivity contribution is 0.0975. The van der Waals surface area contributed by atoms with Crippen molar-refractivity contribution in [3.8, 4) is 10.6 Å². The van der Waals surface area contributed by atoms with E-state index in [1.807, 2.05) is 131 Å². The molecule has 10 heteroatoms. The molecule has 0 fully saturated rings. The van der Waals surface area contributed by atoms with E-state index in [9.17, 15) is 9.59 Å². The number of hydrogen-bond donors (Lipinski definition) is 3. The minimum absolute atomic E-state index is 0.217. The number of benzene rings is 4. The third-order valence-corrected chi connectivity index (χ3v) is 11.2. The molecule has 0 radical (unpaired) electrons. The van der Waals surface area contributed by atoms with Gasteiger partial charge in [-0.05, 0) is 92.4 Å². The number of carbonyl (C=O) groups is 2. The second-order valence-electron chi connectivity index (χ2n) is 12.4. The molecule has 2 amide bonds. The average molecular weight is 705 g/mol. The first-order chi connectivity index (χ1) is 24.7. The molecule has 8 rings (SSSR count). The number of hydrogen-bond acceptors (Lipinski definition) is 7. The van der Waals surface area contributed by atoms with Crippen LogP contribution < -0.4 is 10.6 Å². The van der Waals surface area contributed by atoms with Crippen LogP contribution in [0.3, 0.4) is 0 Å². The number of amides is 2. The van der Waals surface area contributed by atoms with Crippen molar-refractivity contribution in [1.29, 1.82) is 0 Å². The van der Waals surface area contributed by atoms with Crippen LogP contribution in [0, 0.1) is 20.8 Å². The first-order valence-corrected chi connectivity index (χ1v) is 18.1. The Morgan fingerprint density at radius 2 is 1.20 bits per heavy atom. The summed E-state index contributed by atoms with van der Waals surface area (Å²) < 4.78 is 2.10. The number of allylic oxidation sites excluding steroid dienone is 1. The van der Waals surface area contributed by atoms with Crippen LogP contribution in [0.25, 0.3) is 42.7 Å². The first kappa shape index (κ1) is 32.2. The fourth-order valence-electron chi connectivity index (χ4n) is 6.28. The van der Waals surface area contributed by atoms with Gasteiger partial charge in [0.2, 0.25) is 0 Å². The summed E-state index contributed by atoms with van der Waals surface area (Å²) in [5, 5.41) is 7.80. The van der Waals surface area contributed by atoms with Gasteiger partial charge in [-0.3, -0.25) is 9.59 Å². The second-order valence-corrected chi connectivity index (χ2v) is 14.5. The number of nitrogens with zero attached hydrogens (tertiary/aromatic N) is 3. The van der Waals surface area contributed by atoms with Gasteiger partial charge in [0, 0.05) is 16.8 Å². The minimum atomic E-state index is -0.241. The summed E-state index contributed by atoms with van der Waals surface area (Å²) >= 11 is 3.13. The van der Waals surface area contributed by atoms with Gasteiger partial charge in [-0.15, -0.1) is 22.7 Å². The molecule has 4 heterocycles. The highest BCUT2D eigenvalue weighted by Crippen LogP contribution is 2.41. The molecular weight excluding hydrogens is 673 g/mol. The molecule has 0 saturated carbocycles. The summed E-state index contributed by atoms with van der Waals surface area (Å²) in [7, 11) is 0. The van der Waals surface area contributed by atoms with Crippen LogP contribution in [-0.4, -0.2) is 32.6 Å². The van der Waals surface area contributed by atoms with Gasteiger partial charge in [-0.2, -0.15) is 0 Å². The van der Waals surface area contributed by atoms with E-state index in [0.29, 0.717) is 28.5 Å². The molecule has 0 bridgehead atoms. The number of para-hydroxylation sites is 2. The maximum absolute atomic E-state index is 13.6. The average Bonchev–Trinajstić information content (AvgIpc) is 3.88. The predicted molar refractivity (Wildman–Crippen MR) is 210 cm³/mol. The molecule has 3 aromatic heterocycles. The van der Waals surface area contributed by atoms with Crippen molar-refractivity contribution in [2.75, 3.05) is 5.32 Å². The molecule has 250 valence electrons. The third kappa shape index (κ3) is 5.98. The summed E-state index contributed by atoms with van der Waals surface area (Å²) in [5.74, 6) is 0.532. The summed E-state index contributed by atoms with van der Waals surface area (Å²) in [6.45, 7) is 7.85. The number of aromatic amines is 1. The van der Waals surface area contributed by atoms with Gasteiger partial charge in [-0.25, -0.2) is 15.0 Å². The van der Waals surface area contributed by atoms with E-state index >= 15 is 0 Å². The van der Waals surface area contributed by atoms with Gasteiger partial charge in [0.15, 0.2) is 0 Å².